The van der Waals surface area contributed by atoms with Crippen LogP contribution in [-0.4, -0.2) is 43.7 Å². The van der Waals surface area contributed by atoms with Crippen LogP contribution in [0.2, 0.25) is 0 Å². The van der Waals surface area contributed by atoms with E-state index in [-0.39, 0.29) is 11.3 Å². The number of carbonyl (C=O) groups is 1. The second kappa shape index (κ2) is 4.72. The first-order valence-corrected chi connectivity index (χ1v) is 6.24. The molecule has 1 aliphatic carbocycles. The van der Waals surface area contributed by atoms with Gasteiger partial charge >= 0.3 is 0 Å². The normalized spacial score (nSPS) is 25.2. The second-order valence-electron chi connectivity index (χ2n) is 5.07. The fraction of sp³-hybridized carbons (Fsp3) is 0.917. The lowest BCUT2D eigenvalue weighted by Gasteiger charge is -2.44. The van der Waals surface area contributed by atoms with E-state index >= 15 is 0 Å². The van der Waals surface area contributed by atoms with E-state index in [2.05, 4.69) is 0 Å². The molecule has 0 unspecified atom stereocenters. The van der Waals surface area contributed by atoms with Crippen LogP contribution in [0.4, 0.5) is 0 Å². The Labute approximate surface area is 97.1 Å². The van der Waals surface area contributed by atoms with Crippen molar-refractivity contribution in [1.29, 1.82) is 0 Å². The summed E-state index contributed by atoms with van der Waals surface area (Å²) in [5.74, 6) is 0.288. The summed E-state index contributed by atoms with van der Waals surface area (Å²) in [4.78, 5) is 14.3. The molecule has 0 aromatic rings. The Kier molecular flexibility index (Phi) is 3.50. The van der Waals surface area contributed by atoms with Crippen molar-refractivity contribution in [1.82, 2.24) is 4.90 Å². The maximum atomic E-state index is 12.3. The highest BCUT2D eigenvalue weighted by Crippen LogP contribution is 2.41. The summed E-state index contributed by atoms with van der Waals surface area (Å²) in [6.07, 6.45) is 5.36. The molecule has 92 valence electrons. The van der Waals surface area contributed by atoms with Crippen LogP contribution in [0.5, 0.6) is 0 Å². The Morgan fingerprint density at radius 3 is 2.44 bits per heavy atom. The zero-order chi connectivity index (χ0) is 11.6. The number of hydrogen-bond acceptors (Lipinski definition) is 3. The van der Waals surface area contributed by atoms with Crippen LogP contribution in [0.3, 0.4) is 0 Å². The molecule has 16 heavy (non-hydrogen) atoms. The molecule has 1 amide bonds. The Morgan fingerprint density at radius 1 is 1.44 bits per heavy atom. The van der Waals surface area contributed by atoms with E-state index in [1.54, 1.807) is 7.11 Å². The average molecular weight is 226 g/mol. The molecule has 2 N–H and O–H groups in total. The van der Waals surface area contributed by atoms with E-state index in [1.165, 1.54) is 0 Å². The maximum absolute atomic E-state index is 12.3. The summed E-state index contributed by atoms with van der Waals surface area (Å²) in [6, 6.07) is 0. The van der Waals surface area contributed by atoms with Crippen LogP contribution in [0.15, 0.2) is 0 Å². The lowest BCUT2D eigenvalue weighted by Crippen LogP contribution is -2.54. The van der Waals surface area contributed by atoms with Crippen molar-refractivity contribution < 1.29 is 9.53 Å². The maximum Gasteiger partial charge on any atom is 0.230 e. The smallest absolute Gasteiger partial charge is 0.230 e. The highest BCUT2D eigenvalue weighted by atomic mass is 16.5. The molecule has 0 aromatic carbocycles. The van der Waals surface area contributed by atoms with Crippen molar-refractivity contribution in [2.24, 2.45) is 11.1 Å². The Bertz CT molecular complexity index is 250. The Balaban J connectivity index is 1.91. The number of amides is 1. The average Bonchev–Trinajstić information content (AvgIpc) is 2.28. The number of likely N-dealkylation sites (tertiary alicyclic amines) is 1. The summed E-state index contributed by atoms with van der Waals surface area (Å²) in [7, 11) is 1.75. The van der Waals surface area contributed by atoms with Gasteiger partial charge in [0.05, 0.1) is 11.5 Å². The lowest BCUT2D eigenvalue weighted by molar-refractivity contribution is -0.149. The fourth-order valence-electron chi connectivity index (χ4n) is 2.74. The second-order valence-corrected chi connectivity index (χ2v) is 5.07. The molecule has 1 saturated carbocycles. The lowest BCUT2D eigenvalue weighted by atomic mass is 9.67. The summed E-state index contributed by atoms with van der Waals surface area (Å²) in [5, 5.41) is 0. The van der Waals surface area contributed by atoms with Crippen molar-refractivity contribution in [3.05, 3.63) is 0 Å². The van der Waals surface area contributed by atoms with Crippen LogP contribution in [0.25, 0.3) is 0 Å². The van der Waals surface area contributed by atoms with Gasteiger partial charge in [-0.1, -0.05) is 6.42 Å². The number of nitrogens with zero attached hydrogens (tertiary/aromatic N) is 1. The van der Waals surface area contributed by atoms with Gasteiger partial charge in [0.15, 0.2) is 0 Å². The molecular formula is C12H22N2O2. The van der Waals surface area contributed by atoms with Crippen molar-refractivity contribution in [3.63, 3.8) is 0 Å². The number of hydrogen-bond donors (Lipinski definition) is 1. The third-order valence-corrected chi connectivity index (χ3v) is 4.22. The summed E-state index contributed by atoms with van der Waals surface area (Å²) < 4.78 is 5.31. The van der Waals surface area contributed by atoms with Crippen LogP contribution in [0, 0.1) is 5.41 Å². The van der Waals surface area contributed by atoms with Crippen molar-refractivity contribution in [2.45, 2.75) is 38.2 Å². The number of rotatable bonds is 3. The molecule has 4 nitrogen and oxygen atoms in total. The molecule has 1 saturated heterocycles. The van der Waals surface area contributed by atoms with Crippen LogP contribution in [-0.2, 0) is 9.53 Å². The van der Waals surface area contributed by atoms with Gasteiger partial charge in [-0.2, -0.15) is 0 Å². The monoisotopic (exact) mass is 226 g/mol. The van der Waals surface area contributed by atoms with E-state index in [1.807, 2.05) is 4.90 Å². The van der Waals surface area contributed by atoms with E-state index in [4.69, 9.17) is 10.5 Å². The molecule has 0 radical (unpaired) electrons. The molecule has 0 spiro atoms. The van der Waals surface area contributed by atoms with Gasteiger partial charge in [-0.15, -0.1) is 0 Å². The first kappa shape index (κ1) is 11.9. The van der Waals surface area contributed by atoms with Gasteiger partial charge in [-0.3, -0.25) is 4.79 Å². The van der Waals surface area contributed by atoms with Crippen molar-refractivity contribution in [3.8, 4) is 0 Å². The molecule has 1 aliphatic heterocycles. The summed E-state index contributed by atoms with van der Waals surface area (Å²) in [5.41, 5.74) is 5.55. The SMILES string of the molecule is COC1CCN(C(=O)C2(CN)CCC2)CC1. The fourth-order valence-corrected chi connectivity index (χ4v) is 2.74. The number of carbonyl (C=O) groups excluding carboxylic acids is 1. The Morgan fingerprint density at radius 2 is 2.06 bits per heavy atom. The minimum Gasteiger partial charge on any atom is -0.381 e. The number of nitrogens with two attached hydrogens (primary N) is 1. The standard InChI is InChI=1S/C12H22N2O2/c1-16-10-3-7-14(8-4-10)11(15)12(9-13)5-2-6-12/h10H,2-9,13H2,1H3. The van der Waals surface area contributed by atoms with Gasteiger partial charge < -0.3 is 15.4 Å². The van der Waals surface area contributed by atoms with Crippen LogP contribution < -0.4 is 5.73 Å². The molecule has 0 atom stereocenters. The first-order chi connectivity index (χ1) is 7.72. The van der Waals surface area contributed by atoms with E-state index in [9.17, 15) is 4.79 Å². The zero-order valence-corrected chi connectivity index (χ0v) is 10.1. The molecule has 4 heteroatoms. The predicted octanol–water partition coefficient (Wildman–Crippen LogP) is 0.753. The van der Waals surface area contributed by atoms with E-state index < -0.39 is 0 Å². The first-order valence-electron chi connectivity index (χ1n) is 6.24. The summed E-state index contributed by atoms with van der Waals surface area (Å²) in [6.45, 7) is 2.17. The van der Waals surface area contributed by atoms with Crippen molar-refractivity contribution in [2.75, 3.05) is 26.7 Å². The Hall–Kier alpha value is -0.610. The molecule has 2 aliphatic rings. The van der Waals surface area contributed by atoms with E-state index in [0.29, 0.717) is 12.6 Å². The zero-order valence-electron chi connectivity index (χ0n) is 10.1. The quantitative estimate of drug-likeness (QED) is 0.772. The molecule has 2 fully saturated rings. The van der Waals surface area contributed by atoms with Gasteiger partial charge in [0.1, 0.15) is 0 Å². The third-order valence-electron chi connectivity index (χ3n) is 4.22. The molecule has 0 bridgehead atoms. The topological polar surface area (TPSA) is 55.6 Å². The summed E-state index contributed by atoms with van der Waals surface area (Å²) >= 11 is 0. The number of methoxy groups -OCH3 is 1. The molecular weight excluding hydrogens is 204 g/mol. The van der Waals surface area contributed by atoms with Gasteiger partial charge in [0.2, 0.25) is 5.91 Å². The highest BCUT2D eigenvalue weighted by molar-refractivity contribution is 5.84. The van der Waals surface area contributed by atoms with Crippen LogP contribution >= 0.6 is 0 Å². The van der Waals surface area contributed by atoms with E-state index in [0.717, 1.165) is 45.2 Å². The van der Waals surface area contributed by atoms with Gasteiger partial charge in [0, 0.05) is 26.7 Å². The van der Waals surface area contributed by atoms with Gasteiger partial charge in [-0.25, -0.2) is 0 Å². The predicted molar refractivity (Wildman–Crippen MR) is 61.9 cm³/mol. The number of ether oxygens (including phenoxy) is 1. The largest absolute Gasteiger partial charge is 0.381 e. The minimum atomic E-state index is -0.208. The highest BCUT2D eigenvalue weighted by Gasteiger charge is 2.45. The van der Waals surface area contributed by atoms with Crippen molar-refractivity contribution >= 4 is 5.91 Å². The van der Waals surface area contributed by atoms with Crippen LogP contribution in [0.1, 0.15) is 32.1 Å². The third kappa shape index (κ3) is 1.96. The molecule has 1 heterocycles. The molecule has 0 aromatic heterocycles. The minimum absolute atomic E-state index is 0.208. The van der Waals surface area contributed by atoms with Gasteiger partial charge in [0.25, 0.3) is 0 Å². The van der Waals surface area contributed by atoms with Gasteiger partial charge in [-0.05, 0) is 25.7 Å². The molecule has 2 rings (SSSR count). The number of piperidine rings is 1.